The number of phenols is 1. The molecule has 1 aromatic carbocycles. The van der Waals surface area contributed by atoms with E-state index in [1.54, 1.807) is 36.4 Å². The summed E-state index contributed by atoms with van der Waals surface area (Å²) in [4.78, 5) is 11.7. The second kappa shape index (κ2) is 5.69. The number of furan rings is 1. The summed E-state index contributed by atoms with van der Waals surface area (Å²) >= 11 is 0. The van der Waals surface area contributed by atoms with Crippen LogP contribution in [0.3, 0.4) is 0 Å². The number of hydrogen-bond donors (Lipinski definition) is 3. The van der Waals surface area contributed by atoms with E-state index in [0.29, 0.717) is 18.7 Å². The summed E-state index contributed by atoms with van der Waals surface area (Å²) in [6.07, 6.45) is 2.18. The third-order valence-corrected chi connectivity index (χ3v) is 3.34. The molecular weight excluding hydrogens is 258 g/mol. The first-order chi connectivity index (χ1) is 9.55. The number of rotatable bonds is 6. The van der Waals surface area contributed by atoms with Crippen LogP contribution in [0.1, 0.15) is 18.9 Å². The van der Waals surface area contributed by atoms with Gasteiger partial charge in [0.05, 0.1) is 6.26 Å². The lowest BCUT2D eigenvalue weighted by molar-refractivity contribution is -0.142. The Morgan fingerprint density at radius 2 is 2.00 bits per heavy atom. The number of carboxylic acids is 1. The van der Waals surface area contributed by atoms with Gasteiger partial charge in [-0.15, -0.1) is 0 Å². The first-order valence-corrected chi connectivity index (χ1v) is 6.39. The van der Waals surface area contributed by atoms with Crippen LogP contribution in [-0.4, -0.2) is 21.7 Å². The van der Waals surface area contributed by atoms with Crippen molar-refractivity contribution in [3.05, 3.63) is 48.2 Å². The molecular formula is C15H17NO4. The van der Waals surface area contributed by atoms with E-state index < -0.39 is 11.5 Å². The number of aromatic hydroxyl groups is 1. The van der Waals surface area contributed by atoms with Crippen LogP contribution in [0.15, 0.2) is 47.1 Å². The maximum absolute atomic E-state index is 11.7. The van der Waals surface area contributed by atoms with E-state index >= 15 is 0 Å². The molecule has 2 aromatic rings. The van der Waals surface area contributed by atoms with Gasteiger partial charge in [0.15, 0.2) is 5.88 Å². The number of benzene rings is 1. The summed E-state index contributed by atoms with van der Waals surface area (Å²) in [6.45, 7) is 1.81. The van der Waals surface area contributed by atoms with E-state index in [2.05, 4.69) is 5.32 Å². The molecule has 0 radical (unpaired) electrons. The van der Waals surface area contributed by atoms with Crippen LogP contribution in [0.2, 0.25) is 0 Å². The lowest BCUT2D eigenvalue weighted by Gasteiger charge is -2.29. The minimum Gasteiger partial charge on any atom is -0.508 e. The number of carbonyl (C=O) groups is 1. The third-order valence-electron chi connectivity index (χ3n) is 3.34. The van der Waals surface area contributed by atoms with Crippen molar-refractivity contribution in [3.63, 3.8) is 0 Å². The topological polar surface area (TPSA) is 82.7 Å². The molecule has 0 bridgehead atoms. The largest absolute Gasteiger partial charge is 0.508 e. The zero-order valence-electron chi connectivity index (χ0n) is 11.2. The number of aliphatic carboxylic acids is 1. The summed E-state index contributed by atoms with van der Waals surface area (Å²) < 4.78 is 5.18. The molecule has 20 heavy (non-hydrogen) atoms. The van der Waals surface area contributed by atoms with Crippen molar-refractivity contribution in [2.24, 2.45) is 0 Å². The normalized spacial score (nSPS) is 13.7. The van der Waals surface area contributed by atoms with Gasteiger partial charge in [0.25, 0.3) is 0 Å². The second-order valence-electron chi connectivity index (χ2n) is 4.69. The number of carboxylic acid groups (broad SMARTS) is 1. The Balaban J connectivity index is 2.26. The average molecular weight is 275 g/mol. The molecule has 2 rings (SSSR count). The quantitative estimate of drug-likeness (QED) is 0.755. The molecule has 0 saturated heterocycles. The van der Waals surface area contributed by atoms with Crippen LogP contribution >= 0.6 is 0 Å². The van der Waals surface area contributed by atoms with Crippen LogP contribution in [0.5, 0.6) is 5.75 Å². The maximum atomic E-state index is 11.7. The average Bonchev–Trinajstić information content (AvgIpc) is 2.93. The Hall–Kier alpha value is -2.43. The smallest absolute Gasteiger partial charge is 0.329 e. The van der Waals surface area contributed by atoms with Crippen molar-refractivity contribution in [1.82, 2.24) is 0 Å². The van der Waals surface area contributed by atoms with E-state index in [1.165, 1.54) is 6.26 Å². The molecule has 106 valence electrons. The highest BCUT2D eigenvalue weighted by atomic mass is 16.4. The monoisotopic (exact) mass is 275 g/mol. The third kappa shape index (κ3) is 2.93. The predicted molar refractivity (Wildman–Crippen MR) is 74.8 cm³/mol. The van der Waals surface area contributed by atoms with Crippen molar-refractivity contribution in [3.8, 4) is 5.75 Å². The van der Waals surface area contributed by atoms with Gasteiger partial charge in [0.2, 0.25) is 0 Å². The lowest BCUT2D eigenvalue weighted by atomic mass is 9.88. The zero-order chi connectivity index (χ0) is 14.6. The predicted octanol–water partition coefficient (Wildman–Crippen LogP) is 2.87. The summed E-state index contributed by atoms with van der Waals surface area (Å²) in [5, 5.41) is 21.8. The molecule has 0 aliphatic heterocycles. The fraction of sp³-hybridized carbons (Fsp3) is 0.267. The van der Waals surface area contributed by atoms with Crippen molar-refractivity contribution >= 4 is 11.9 Å². The number of hydrogen-bond acceptors (Lipinski definition) is 4. The fourth-order valence-corrected chi connectivity index (χ4v) is 2.09. The van der Waals surface area contributed by atoms with Crippen LogP contribution in [0.4, 0.5) is 5.88 Å². The molecule has 1 unspecified atom stereocenters. The molecule has 0 spiro atoms. The van der Waals surface area contributed by atoms with E-state index in [4.69, 9.17) is 4.42 Å². The Morgan fingerprint density at radius 3 is 2.50 bits per heavy atom. The summed E-state index contributed by atoms with van der Waals surface area (Å²) in [5.41, 5.74) is -0.319. The Bertz CT molecular complexity index is 562. The molecule has 0 saturated carbocycles. The van der Waals surface area contributed by atoms with E-state index in [9.17, 15) is 15.0 Å². The number of nitrogens with one attached hydrogen (secondary N) is 1. The van der Waals surface area contributed by atoms with Crippen molar-refractivity contribution in [2.45, 2.75) is 25.3 Å². The molecule has 1 heterocycles. The van der Waals surface area contributed by atoms with Gasteiger partial charge in [-0.3, -0.25) is 0 Å². The minimum atomic E-state index is -1.14. The molecule has 0 fully saturated rings. The molecule has 0 aliphatic rings. The molecule has 0 aliphatic carbocycles. The standard InChI is InChI=1S/C15H17NO4/c1-2-15(14(18)19,16-13-4-3-9-20-13)10-11-5-7-12(17)8-6-11/h3-9,16-17H,2,10H2,1H3,(H,18,19). The van der Waals surface area contributed by atoms with Gasteiger partial charge < -0.3 is 19.9 Å². The highest BCUT2D eigenvalue weighted by Crippen LogP contribution is 2.25. The van der Waals surface area contributed by atoms with Gasteiger partial charge in [-0.05, 0) is 30.2 Å². The van der Waals surface area contributed by atoms with Crippen LogP contribution in [0.25, 0.3) is 0 Å². The van der Waals surface area contributed by atoms with Gasteiger partial charge in [-0.25, -0.2) is 4.79 Å². The maximum Gasteiger partial charge on any atom is 0.329 e. The highest BCUT2D eigenvalue weighted by molar-refractivity contribution is 5.82. The number of phenolic OH excluding ortho intramolecular Hbond substituents is 1. The van der Waals surface area contributed by atoms with E-state index in [1.807, 2.05) is 6.92 Å². The van der Waals surface area contributed by atoms with Crippen LogP contribution in [-0.2, 0) is 11.2 Å². The highest BCUT2D eigenvalue weighted by Gasteiger charge is 2.37. The second-order valence-corrected chi connectivity index (χ2v) is 4.69. The SMILES string of the molecule is CCC(Cc1ccc(O)cc1)(Nc1ccco1)C(=O)O. The van der Waals surface area contributed by atoms with Gasteiger partial charge >= 0.3 is 5.97 Å². The van der Waals surface area contributed by atoms with Crippen LogP contribution in [0, 0.1) is 0 Å². The van der Waals surface area contributed by atoms with Gasteiger partial charge in [0, 0.05) is 12.5 Å². The molecule has 3 N–H and O–H groups in total. The zero-order valence-corrected chi connectivity index (χ0v) is 11.2. The lowest BCUT2D eigenvalue weighted by Crippen LogP contribution is -2.47. The molecule has 5 nitrogen and oxygen atoms in total. The van der Waals surface area contributed by atoms with Crippen molar-refractivity contribution in [2.75, 3.05) is 5.32 Å². The van der Waals surface area contributed by atoms with Gasteiger partial charge in [-0.1, -0.05) is 19.1 Å². The molecule has 1 aromatic heterocycles. The Morgan fingerprint density at radius 1 is 1.30 bits per heavy atom. The van der Waals surface area contributed by atoms with E-state index in [-0.39, 0.29) is 5.75 Å². The first kappa shape index (κ1) is 14.0. The van der Waals surface area contributed by atoms with Gasteiger partial charge in [0.1, 0.15) is 11.3 Å². The Labute approximate surface area is 116 Å². The minimum absolute atomic E-state index is 0.158. The van der Waals surface area contributed by atoms with E-state index in [0.717, 1.165) is 5.56 Å². The molecule has 5 heteroatoms. The molecule has 1 atom stereocenters. The van der Waals surface area contributed by atoms with Crippen LogP contribution < -0.4 is 5.32 Å². The van der Waals surface area contributed by atoms with Crippen molar-refractivity contribution in [1.29, 1.82) is 0 Å². The summed E-state index contributed by atoms with van der Waals surface area (Å²) in [7, 11) is 0. The Kier molecular flexibility index (Phi) is 3.98. The first-order valence-electron chi connectivity index (χ1n) is 6.39. The fourth-order valence-electron chi connectivity index (χ4n) is 2.09. The van der Waals surface area contributed by atoms with Crippen molar-refractivity contribution < 1.29 is 19.4 Å². The van der Waals surface area contributed by atoms with Gasteiger partial charge in [-0.2, -0.15) is 0 Å². The molecule has 0 amide bonds. The number of anilines is 1. The summed E-state index contributed by atoms with van der Waals surface area (Å²) in [5.74, 6) is -0.359. The summed E-state index contributed by atoms with van der Waals surface area (Å²) in [6, 6.07) is 9.91.